The Morgan fingerprint density at radius 1 is 1.42 bits per heavy atom. The van der Waals surface area contributed by atoms with E-state index in [1.165, 1.54) is 0 Å². The molecule has 0 bridgehead atoms. The quantitative estimate of drug-likeness (QED) is 0.920. The number of nitrogens with two attached hydrogens (primary N) is 1. The molecule has 0 spiro atoms. The van der Waals surface area contributed by atoms with Crippen LogP contribution in [0.4, 0.5) is 0 Å². The summed E-state index contributed by atoms with van der Waals surface area (Å²) in [6.45, 7) is 2.08. The number of benzene rings is 1. The van der Waals surface area contributed by atoms with Crippen LogP contribution in [0.5, 0.6) is 5.75 Å². The van der Waals surface area contributed by atoms with Crippen molar-refractivity contribution >= 4 is 15.9 Å². The number of methoxy groups -OCH3 is 1. The zero-order chi connectivity index (χ0) is 13.8. The van der Waals surface area contributed by atoms with Gasteiger partial charge in [-0.1, -0.05) is 25.1 Å². The average molecular weight is 324 g/mol. The number of ether oxygens (including phenoxy) is 1. The summed E-state index contributed by atoms with van der Waals surface area (Å²) >= 11 is 3.42. The fourth-order valence-corrected chi connectivity index (χ4v) is 2.47. The van der Waals surface area contributed by atoms with E-state index in [4.69, 9.17) is 10.5 Å². The SMILES string of the molecule is CCC(N)C(c1ccccc1OC)n1cc(Br)cn1. The van der Waals surface area contributed by atoms with Gasteiger partial charge in [0.05, 0.1) is 23.8 Å². The molecule has 0 aliphatic carbocycles. The van der Waals surface area contributed by atoms with Gasteiger partial charge >= 0.3 is 0 Å². The van der Waals surface area contributed by atoms with E-state index in [0.29, 0.717) is 0 Å². The number of rotatable bonds is 5. The van der Waals surface area contributed by atoms with Gasteiger partial charge in [-0.05, 0) is 28.4 Å². The van der Waals surface area contributed by atoms with Crippen LogP contribution in [0.1, 0.15) is 24.9 Å². The highest BCUT2D eigenvalue weighted by molar-refractivity contribution is 9.10. The van der Waals surface area contributed by atoms with Crippen LogP contribution in [0.25, 0.3) is 0 Å². The van der Waals surface area contributed by atoms with Crippen LogP contribution in [-0.4, -0.2) is 22.9 Å². The third-order valence-corrected chi connectivity index (χ3v) is 3.60. The van der Waals surface area contributed by atoms with Gasteiger partial charge in [-0.2, -0.15) is 5.10 Å². The molecule has 5 heteroatoms. The number of halogens is 1. The maximum Gasteiger partial charge on any atom is 0.124 e. The summed E-state index contributed by atoms with van der Waals surface area (Å²) in [6.07, 6.45) is 4.57. The molecule has 0 aliphatic rings. The Morgan fingerprint density at radius 3 is 2.74 bits per heavy atom. The molecule has 1 aromatic carbocycles. The highest BCUT2D eigenvalue weighted by Gasteiger charge is 2.24. The van der Waals surface area contributed by atoms with Crippen molar-refractivity contribution in [1.82, 2.24) is 9.78 Å². The molecule has 0 radical (unpaired) electrons. The molecule has 2 aromatic rings. The number of hydrogen-bond acceptors (Lipinski definition) is 3. The topological polar surface area (TPSA) is 53.1 Å². The van der Waals surface area contributed by atoms with Crippen LogP contribution in [0.3, 0.4) is 0 Å². The van der Waals surface area contributed by atoms with Crippen molar-refractivity contribution in [3.8, 4) is 5.75 Å². The fourth-order valence-electron chi connectivity index (χ4n) is 2.17. The molecule has 0 saturated heterocycles. The summed E-state index contributed by atoms with van der Waals surface area (Å²) in [6, 6.07) is 7.87. The molecular formula is C14H18BrN3O. The minimum absolute atomic E-state index is 0.0249. The molecule has 0 aliphatic heterocycles. The first-order chi connectivity index (χ1) is 9.17. The number of nitrogens with zero attached hydrogens (tertiary/aromatic N) is 2. The Balaban J connectivity index is 2.48. The third-order valence-electron chi connectivity index (χ3n) is 3.19. The molecule has 19 heavy (non-hydrogen) atoms. The smallest absolute Gasteiger partial charge is 0.124 e. The number of para-hydroxylation sites is 1. The Labute approximate surface area is 121 Å². The van der Waals surface area contributed by atoms with E-state index < -0.39 is 0 Å². The van der Waals surface area contributed by atoms with E-state index in [9.17, 15) is 0 Å². The summed E-state index contributed by atoms with van der Waals surface area (Å²) in [7, 11) is 1.67. The summed E-state index contributed by atoms with van der Waals surface area (Å²) in [4.78, 5) is 0. The second kappa shape index (κ2) is 6.21. The van der Waals surface area contributed by atoms with Gasteiger partial charge in [0.1, 0.15) is 5.75 Å². The van der Waals surface area contributed by atoms with E-state index in [-0.39, 0.29) is 12.1 Å². The first kappa shape index (κ1) is 14.1. The lowest BCUT2D eigenvalue weighted by atomic mass is 9.97. The van der Waals surface area contributed by atoms with Crippen LogP contribution in [-0.2, 0) is 0 Å². The van der Waals surface area contributed by atoms with Crippen LogP contribution in [0.15, 0.2) is 41.1 Å². The Hall–Kier alpha value is -1.33. The predicted octanol–water partition coefficient (Wildman–Crippen LogP) is 2.98. The molecule has 102 valence electrons. The molecule has 2 atom stereocenters. The van der Waals surface area contributed by atoms with E-state index in [2.05, 4.69) is 28.0 Å². The zero-order valence-corrected chi connectivity index (χ0v) is 12.7. The van der Waals surface area contributed by atoms with Gasteiger partial charge in [0.2, 0.25) is 0 Å². The molecule has 1 heterocycles. The lowest BCUT2D eigenvalue weighted by Crippen LogP contribution is -2.33. The van der Waals surface area contributed by atoms with Crippen molar-refractivity contribution < 1.29 is 4.74 Å². The van der Waals surface area contributed by atoms with Gasteiger partial charge in [-0.25, -0.2) is 0 Å². The molecule has 2 rings (SSSR count). The highest BCUT2D eigenvalue weighted by atomic mass is 79.9. The fraction of sp³-hybridized carbons (Fsp3) is 0.357. The number of aromatic nitrogens is 2. The van der Waals surface area contributed by atoms with Crippen molar-refractivity contribution in [3.63, 3.8) is 0 Å². The lowest BCUT2D eigenvalue weighted by Gasteiger charge is -2.25. The highest BCUT2D eigenvalue weighted by Crippen LogP contribution is 2.30. The van der Waals surface area contributed by atoms with Crippen molar-refractivity contribution in [3.05, 3.63) is 46.7 Å². The van der Waals surface area contributed by atoms with Crippen molar-refractivity contribution in [2.45, 2.75) is 25.4 Å². The molecule has 0 saturated carbocycles. The lowest BCUT2D eigenvalue weighted by molar-refractivity contribution is 0.376. The van der Waals surface area contributed by atoms with Gasteiger partial charge in [0, 0.05) is 17.8 Å². The van der Waals surface area contributed by atoms with Gasteiger partial charge < -0.3 is 10.5 Å². The first-order valence-electron chi connectivity index (χ1n) is 6.25. The molecule has 4 nitrogen and oxygen atoms in total. The first-order valence-corrected chi connectivity index (χ1v) is 7.04. The summed E-state index contributed by atoms with van der Waals surface area (Å²) in [5.41, 5.74) is 7.33. The molecular weight excluding hydrogens is 306 g/mol. The summed E-state index contributed by atoms with van der Waals surface area (Å²) in [5, 5.41) is 4.37. The van der Waals surface area contributed by atoms with E-state index in [1.54, 1.807) is 13.3 Å². The van der Waals surface area contributed by atoms with Crippen LogP contribution in [0.2, 0.25) is 0 Å². The monoisotopic (exact) mass is 323 g/mol. The van der Waals surface area contributed by atoms with Crippen LogP contribution in [0, 0.1) is 0 Å². The van der Waals surface area contributed by atoms with E-state index in [1.807, 2.05) is 35.1 Å². The molecule has 0 amide bonds. The van der Waals surface area contributed by atoms with Crippen LogP contribution >= 0.6 is 15.9 Å². The summed E-state index contributed by atoms with van der Waals surface area (Å²) < 4.78 is 8.27. The van der Waals surface area contributed by atoms with Gasteiger partial charge in [-0.3, -0.25) is 4.68 Å². The summed E-state index contributed by atoms with van der Waals surface area (Å²) in [5.74, 6) is 0.836. The van der Waals surface area contributed by atoms with Crippen molar-refractivity contribution in [1.29, 1.82) is 0 Å². The maximum absolute atomic E-state index is 6.28. The predicted molar refractivity (Wildman–Crippen MR) is 79.3 cm³/mol. The second-order valence-electron chi connectivity index (χ2n) is 4.40. The Bertz CT molecular complexity index is 541. The largest absolute Gasteiger partial charge is 0.496 e. The second-order valence-corrected chi connectivity index (χ2v) is 5.31. The van der Waals surface area contributed by atoms with Gasteiger partial charge in [-0.15, -0.1) is 0 Å². The average Bonchev–Trinajstić information content (AvgIpc) is 2.85. The maximum atomic E-state index is 6.28. The molecule has 0 fully saturated rings. The zero-order valence-electron chi connectivity index (χ0n) is 11.1. The Kier molecular flexibility index (Phi) is 4.61. The van der Waals surface area contributed by atoms with Gasteiger partial charge in [0.25, 0.3) is 0 Å². The minimum Gasteiger partial charge on any atom is -0.496 e. The van der Waals surface area contributed by atoms with Gasteiger partial charge in [0.15, 0.2) is 0 Å². The molecule has 1 aromatic heterocycles. The molecule has 2 N–H and O–H groups in total. The minimum atomic E-state index is -0.0348. The standard InChI is InChI=1S/C14H18BrN3O/c1-3-12(16)14(18-9-10(15)8-17-18)11-6-4-5-7-13(11)19-2/h4-9,12,14H,3,16H2,1-2H3. The Morgan fingerprint density at radius 2 is 2.16 bits per heavy atom. The van der Waals surface area contributed by atoms with E-state index >= 15 is 0 Å². The van der Waals surface area contributed by atoms with Crippen LogP contribution < -0.4 is 10.5 Å². The molecule has 2 unspecified atom stereocenters. The number of hydrogen-bond donors (Lipinski definition) is 1. The third kappa shape index (κ3) is 2.98. The van der Waals surface area contributed by atoms with Crippen molar-refractivity contribution in [2.24, 2.45) is 5.73 Å². The van der Waals surface area contributed by atoms with E-state index in [0.717, 1.165) is 22.2 Å². The normalized spacial score (nSPS) is 14.1. The van der Waals surface area contributed by atoms with Crippen molar-refractivity contribution in [2.75, 3.05) is 7.11 Å².